The number of nitrogens with one attached hydrogen (secondary N) is 1. The van der Waals surface area contributed by atoms with Gasteiger partial charge in [-0.25, -0.2) is 13.1 Å². The summed E-state index contributed by atoms with van der Waals surface area (Å²) < 4.78 is 25.7. The molecule has 2 fully saturated rings. The van der Waals surface area contributed by atoms with Gasteiger partial charge in [-0.3, -0.25) is 4.79 Å². The number of hydrogen-bond acceptors (Lipinski definition) is 4. The molecule has 19 heavy (non-hydrogen) atoms. The van der Waals surface area contributed by atoms with Gasteiger partial charge < -0.3 is 10.6 Å². The summed E-state index contributed by atoms with van der Waals surface area (Å²) in [5, 5.41) is 0. The molecule has 0 aromatic rings. The normalized spacial score (nSPS) is 23.4. The number of carbonyl (C=O) groups excluding carboxylic acids is 1. The maximum Gasteiger partial charge on any atom is 0.230 e. The molecular formula is C12H23N3O3S. The van der Waals surface area contributed by atoms with E-state index in [0.717, 1.165) is 12.8 Å². The fourth-order valence-electron chi connectivity index (χ4n) is 2.53. The summed E-state index contributed by atoms with van der Waals surface area (Å²) in [4.78, 5) is 14.1. The van der Waals surface area contributed by atoms with Gasteiger partial charge in [-0.2, -0.15) is 0 Å². The number of nitrogens with zero attached hydrogens (tertiary/aromatic N) is 1. The summed E-state index contributed by atoms with van der Waals surface area (Å²) in [5.74, 6) is 0.259. The van der Waals surface area contributed by atoms with Crippen molar-refractivity contribution in [1.82, 2.24) is 9.62 Å². The molecule has 3 N–H and O–H groups in total. The van der Waals surface area contributed by atoms with Gasteiger partial charge in [0.2, 0.25) is 15.9 Å². The highest BCUT2D eigenvalue weighted by Crippen LogP contribution is 2.46. The largest absolute Gasteiger partial charge is 0.342 e. The molecule has 0 atom stereocenters. The molecule has 2 rings (SSSR count). The lowest BCUT2D eigenvalue weighted by molar-refractivity contribution is -0.137. The average Bonchev–Trinajstić information content (AvgIpc) is 3.19. The van der Waals surface area contributed by atoms with Crippen LogP contribution in [0.3, 0.4) is 0 Å². The molecule has 0 aromatic heterocycles. The predicted molar refractivity (Wildman–Crippen MR) is 72.9 cm³/mol. The zero-order chi connectivity index (χ0) is 14.1. The number of carbonyl (C=O) groups is 1. The third-order valence-corrected chi connectivity index (χ3v) is 5.66. The van der Waals surface area contributed by atoms with E-state index in [2.05, 4.69) is 4.72 Å². The quantitative estimate of drug-likeness (QED) is 0.724. The smallest absolute Gasteiger partial charge is 0.230 e. The first-order valence-electron chi connectivity index (χ1n) is 6.92. The van der Waals surface area contributed by atoms with Crippen LogP contribution in [0.1, 0.15) is 32.6 Å². The van der Waals surface area contributed by atoms with Crippen molar-refractivity contribution in [2.24, 2.45) is 11.1 Å². The molecule has 1 aliphatic carbocycles. The summed E-state index contributed by atoms with van der Waals surface area (Å²) in [5.41, 5.74) is 5.37. The molecule has 1 saturated carbocycles. The van der Waals surface area contributed by atoms with E-state index in [1.54, 1.807) is 6.92 Å². The SMILES string of the molecule is CCS(=O)(=O)NC1CCN(C(=O)C2(CN)CC2)CC1. The predicted octanol–water partition coefficient (Wildman–Crippen LogP) is -0.344. The van der Waals surface area contributed by atoms with Crippen LogP contribution >= 0.6 is 0 Å². The van der Waals surface area contributed by atoms with Gasteiger partial charge in [0.15, 0.2) is 0 Å². The standard InChI is InChI=1S/C12H23N3O3S/c1-2-19(17,18)14-10-3-7-15(8-4-10)11(16)12(9-13)5-6-12/h10,14H,2-9,13H2,1H3. The number of amides is 1. The van der Waals surface area contributed by atoms with Crippen molar-refractivity contribution in [3.8, 4) is 0 Å². The topological polar surface area (TPSA) is 92.5 Å². The molecule has 1 aliphatic heterocycles. The van der Waals surface area contributed by atoms with Crippen LogP contribution in [0.2, 0.25) is 0 Å². The molecule has 1 heterocycles. The van der Waals surface area contributed by atoms with Crippen molar-refractivity contribution in [2.75, 3.05) is 25.4 Å². The van der Waals surface area contributed by atoms with Gasteiger partial charge >= 0.3 is 0 Å². The molecule has 1 amide bonds. The van der Waals surface area contributed by atoms with Crippen LogP contribution in [0, 0.1) is 5.41 Å². The van der Waals surface area contributed by atoms with Crippen LogP contribution in [0.5, 0.6) is 0 Å². The van der Waals surface area contributed by atoms with Crippen molar-refractivity contribution < 1.29 is 13.2 Å². The summed E-state index contributed by atoms with van der Waals surface area (Å²) in [6.07, 6.45) is 3.16. The Hall–Kier alpha value is -0.660. The van der Waals surface area contributed by atoms with Crippen LogP contribution in [0.25, 0.3) is 0 Å². The van der Waals surface area contributed by atoms with E-state index < -0.39 is 10.0 Å². The van der Waals surface area contributed by atoms with E-state index in [9.17, 15) is 13.2 Å². The van der Waals surface area contributed by atoms with E-state index in [4.69, 9.17) is 5.73 Å². The maximum atomic E-state index is 12.3. The first kappa shape index (κ1) is 14.7. The van der Waals surface area contributed by atoms with Crippen molar-refractivity contribution in [3.05, 3.63) is 0 Å². The highest BCUT2D eigenvalue weighted by Gasteiger charge is 2.50. The summed E-state index contributed by atoms with van der Waals surface area (Å²) in [6, 6.07) is -0.0398. The Kier molecular flexibility index (Phi) is 4.17. The second kappa shape index (κ2) is 5.38. The van der Waals surface area contributed by atoms with Gasteiger partial charge in [-0.15, -0.1) is 0 Å². The van der Waals surface area contributed by atoms with Crippen LogP contribution in [-0.2, 0) is 14.8 Å². The highest BCUT2D eigenvalue weighted by atomic mass is 32.2. The minimum Gasteiger partial charge on any atom is -0.342 e. The Labute approximate surface area is 114 Å². The van der Waals surface area contributed by atoms with Gasteiger partial charge in [0.1, 0.15) is 0 Å². The first-order chi connectivity index (χ1) is 8.92. The third kappa shape index (κ3) is 3.27. The molecule has 110 valence electrons. The Morgan fingerprint density at radius 2 is 1.95 bits per heavy atom. The van der Waals surface area contributed by atoms with Crippen molar-refractivity contribution in [1.29, 1.82) is 0 Å². The third-order valence-electron chi connectivity index (χ3n) is 4.21. The highest BCUT2D eigenvalue weighted by molar-refractivity contribution is 7.89. The van der Waals surface area contributed by atoms with Crippen molar-refractivity contribution >= 4 is 15.9 Å². The lowest BCUT2D eigenvalue weighted by Crippen LogP contribution is -2.49. The van der Waals surface area contributed by atoms with E-state index >= 15 is 0 Å². The number of nitrogens with two attached hydrogens (primary N) is 1. The fourth-order valence-corrected chi connectivity index (χ4v) is 3.44. The average molecular weight is 289 g/mol. The lowest BCUT2D eigenvalue weighted by atomic mass is 10.0. The Balaban J connectivity index is 1.84. The second-order valence-electron chi connectivity index (χ2n) is 5.57. The van der Waals surface area contributed by atoms with E-state index in [0.29, 0.717) is 32.5 Å². The van der Waals surface area contributed by atoms with Gasteiger partial charge in [-0.05, 0) is 32.6 Å². The van der Waals surface area contributed by atoms with E-state index in [-0.39, 0.29) is 23.1 Å². The molecule has 1 saturated heterocycles. The van der Waals surface area contributed by atoms with E-state index in [1.807, 2.05) is 4.90 Å². The number of hydrogen-bond donors (Lipinski definition) is 2. The van der Waals surface area contributed by atoms with Crippen LogP contribution in [0.4, 0.5) is 0 Å². The Morgan fingerprint density at radius 3 is 2.37 bits per heavy atom. The molecule has 6 nitrogen and oxygen atoms in total. The van der Waals surface area contributed by atoms with Crippen molar-refractivity contribution in [3.63, 3.8) is 0 Å². The van der Waals surface area contributed by atoms with Crippen molar-refractivity contribution in [2.45, 2.75) is 38.6 Å². The molecule has 0 bridgehead atoms. The van der Waals surface area contributed by atoms with Gasteiger partial charge in [0, 0.05) is 25.7 Å². The maximum absolute atomic E-state index is 12.3. The van der Waals surface area contributed by atoms with Gasteiger partial charge in [-0.1, -0.05) is 0 Å². The van der Waals surface area contributed by atoms with Crippen LogP contribution in [-0.4, -0.2) is 50.7 Å². The zero-order valence-corrected chi connectivity index (χ0v) is 12.2. The molecule has 0 spiro atoms. The Bertz CT molecular complexity index is 437. The second-order valence-corrected chi connectivity index (χ2v) is 7.61. The molecule has 0 radical (unpaired) electrons. The van der Waals surface area contributed by atoms with Gasteiger partial charge in [0.05, 0.1) is 11.2 Å². The van der Waals surface area contributed by atoms with Crippen LogP contribution < -0.4 is 10.5 Å². The molecule has 2 aliphatic rings. The summed E-state index contributed by atoms with van der Waals surface area (Å²) in [7, 11) is -3.15. The number of piperidine rings is 1. The Morgan fingerprint density at radius 1 is 1.37 bits per heavy atom. The van der Waals surface area contributed by atoms with Crippen LogP contribution in [0.15, 0.2) is 0 Å². The number of likely N-dealkylation sites (tertiary alicyclic amines) is 1. The minimum atomic E-state index is -3.15. The summed E-state index contributed by atoms with van der Waals surface area (Å²) in [6.45, 7) is 3.29. The molecule has 0 aromatic carbocycles. The summed E-state index contributed by atoms with van der Waals surface area (Å²) >= 11 is 0. The first-order valence-corrected chi connectivity index (χ1v) is 8.57. The lowest BCUT2D eigenvalue weighted by Gasteiger charge is -2.34. The number of sulfonamides is 1. The monoisotopic (exact) mass is 289 g/mol. The molecule has 0 unspecified atom stereocenters. The fraction of sp³-hybridized carbons (Fsp3) is 0.917. The molecule has 7 heteroatoms. The number of rotatable bonds is 5. The molecular weight excluding hydrogens is 266 g/mol. The zero-order valence-electron chi connectivity index (χ0n) is 11.4. The minimum absolute atomic E-state index is 0.0398. The van der Waals surface area contributed by atoms with E-state index in [1.165, 1.54) is 0 Å². The van der Waals surface area contributed by atoms with Gasteiger partial charge in [0.25, 0.3) is 0 Å².